The van der Waals surface area contributed by atoms with Gasteiger partial charge in [-0.1, -0.05) is 39.0 Å². The summed E-state index contributed by atoms with van der Waals surface area (Å²) in [4.78, 5) is 11.1. The van der Waals surface area contributed by atoms with Crippen molar-refractivity contribution in [3.05, 3.63) is 0 Å². The van der Waals surface area contributed by atoms with Crippen LogP contribution in [0.1, 0.15) is 58.3 Å². The summed E-state index contributed by atoms with van der Waals surface area (Å²) < 4.78 is 0. The second-order valence-electron chi connectivity index (χ2n) is 5.04. The zero-order chi connectivity index (χ0) is 11.1. The van der Waals surface area contributed by atoms with Crippen LogP contribution in [0.15, 0.2) is 0 Å². The lowest BCUT2D eigenvalue weighted by Crippen LogP contribution is -2.17. The minimum absolute atomic E-state index is 0.192. The Morgan fingerprint density at radius 3 is 2.80 bits per heavy atom. The van der Waals surface area contributed by atoms with E-state index in [1.807, 2.05) is 0 Å². The van der Waals surface area contributed by atoms with Crippen molar-refractivity contribution < 1.29 is 4.79 Å². The molecule has 2 heteroatoms. The van der Waals surface area contributed by atoms with Crippen LogP contribution in [0.2, 0.25) is 0 Å². The largest absolute Gasteiger partial charge is 0.359 e. The van der Waals surface area contributed by atoms with Crippen molar-refractivity contribution in [1.82, 2.24) is 5.32 Å². The highest BCUT2D eigenvalue weighted by Gasteiger charge is 2.15. The zero-order valence-electron chi connectivity index (χ0n) is 10.2. The maximum atomic E-state index is 11.1. The van der Waals surface area contributed by atoms with Gasteiger partial charge in [0.05, 0.1) is 0 Å². The highest BCUT2D eigenvalue weighted by atomic mass is 16.1. The van der Waals surface area contributed by atoms with Gasteiger partial charge in [0.2, 0.25) is 5.91 Å². The topological polar surface area (TPSA) is 29.1 Å². The molecular weight excluding hydrogens is 186 g/mol. The monoisotopic (exact) mass is 211 g/mol. The van der Waals surface area contributed by atoms with Crippen molar-refractivity contribution >= 4 is 5.91 Å². The standard InChI is InChI=1S/C13H25NO/c1-11-5-3-6-12(10-9-11)7-4-8-13(15)14-2/h11-12H,3-10H2,1-2H3,(H,14,15). The minimum Gasteiger partial charge on any atom is -0.359 e. The maximum Gasteiger partial charge on any atom is 0.219 e. The molecule has 1 amide bonds. The molecule has 0 aromatic heterocycles. The van der Waals surface area contributed by atoms with Crippen LogP contribution >= 0.6 is 0 Å². The lowest BCUT2D eigenvalue weighted by Gasteiger charge is -2.13. The molecule has 0 aromatic rings. The SMILES string of the molecule is CNC(=O)CCCC1CCCC(C)CC1. The van der Waals surface area contributed by atoms with Crippen molar-refractivity contribution in [3.8, 4) is 0 Å². The van der Waals surface area contributed by atoms with Crippen LogP contribution in [-0.2, 0) is 4.79 Å². The predicted octanol–water partition coefficient (Wildman–Crippen LogP) is 3.12. The van der Waals surface area contributed by atoms with E-state index < -0.39 is 0 Å². The van der Waals surface area contributed by atoms with E-state index >= 15 is 0 Å². The van der Waals surface area contributed by atoms with E-state index in [4.69, 9.17) is 0 Å². The molecule has 1 N–H and O–H groups in total. The van der Waals surface area contributed by atoms with Crippen molar-refractivity contribution in [1.29, 1.82) is 0 Å². The molecule has 88 valence electrons. The van der Waals surface area contributed by atoms with Crippen molar-refractivity contribution in [3.63, 3.8) is 0 Å². The number of rotatable bonds is 4. The molecule has 2 unspecified atom stereocenters. The Morgan fingerprint density at radius 2 is 2.07 bits per heavy atom. The Morgan fingerprint density at radius 1 is 1.27 bits per heavy atom. The van der Waals surface area contributed by atoms with Gasteiger partial charge in [0.25, 0.3) is 0 Å². The molecule has 1 aliphatic carbocycles. The first-order chi connectivity index (χ1) is 7.22. The summed E-state index contributed by atoms with van der Waals surface area (Å²) in [5, 5.41) is 2.68. The van der Waals surface area contributed by atoms with Gasteiger partial charge in [0, 0.05) is 13.5 Å². The van der Waals surface area contributed by atoms with Crippen molar-refractivity contribution in [2.24, 2.45) is 11.8 Å². The molecule has 0 spiro atoms. The van der Waals surface area contributed by atoms with E-state index in [9.17, 15) is 4.79 Å². The van der Waals surface area contributed by atoms with Gasteiger partial charge in [-0.25, -0.2) is 0 Å². The molecule has 1 rings (SSSR count). The fraction of sp³-hybridized carbons (Fsp3) is 0.923. The average molecular weight is 211 g/mol. The van der Waals surface area contributed by atoms with E-state index in [-0.39, 0.29) is 5.91 Å². The number of carbonyl (C=O) groups is 1. The molecule has 1 saturated carbocycles. The molecule has 2 nitrogen and oxygen atoms in total. The van der Waals surface area contributed by atoms with Gasteiger partial charge in [-0.2, -0.15) is 0 Å². The van der Waals surface area contributed by atoms with Gasteiger partial charge in [0.1, 0.15) is 0 Å². The van der Waals surface area contributed by atoms with Gasteiger partial charge < -0.3 is 5.32 Å². The minimum atomic E-state index is 0.192. The molecule has 1 aliphatic rings. The van der Waals surface area contributed by atoms with E-state index in [0.717, 1.165) is 18.3 Å². The molecule has 1 fully saturated rings. The molecular formula is C13H25NO. The highest BCUT2D eigenvalue weighted by molar-refractivity contribution is 5.75. The van der Waals surface area contributed by atoms with Crippen LogP contribution in [0, 0.1) is 11.8 Å². The summed E-state index contributed by atoms with van der Waals surface area (Å²) in [5.41, 5.74) is 0. The molecule has 0 bridgehead atoms. The number of hydrogen-bond donors (Lipinski definition) is 1. The molecule has 0 aliphatic heterocycles. The van der Waals surface area contributed by atoms with Gasteiger partial charge >= 0.3 is 0 Å². The lowest BCUT2D eigenvalue weighted by molar-refractivity contribution is -0.120. The van der Waals surface area contributed by atoms with Gasteiger partial charge in [0.15, 0.2) is 0 Å². The summed E-state index contributed by atoms with van der Waals surface area (Å²) in [5.74, 6) is 2.01. The predicted molar refractivity (Wildman–Crippen MR) is 63.7 cm³/mol. The summed E-state index contributed by atoms with van der Waals surface area (Å²) in [6, 6.07) is 0. The van der Waals surface area contributed by atoms with Crippen LogP contribution in [0.5, 0.6) is 0 Å². The van der Waals surface area contributed by atoms with E-state index in [1.165, 1.54) is 38.5 Å². The Balaban J connectivity index is 2.12. The summed E-state index contributed by atoms with van der Waals surface area (Å²) >= 11 is 0. The van der Waals surface area contributed by atoms with Crippen LogP contribution in [0.4, 0.5) is 0 Å². The quantitative estimate of drug-likeness (QED) is 0.711. The third-order valence-electron chi connectivity index (χ3n) is 3.67. The summed E-state index contributed by atoms with van der Waals surface area (Å²) in [6.07, 6.45) is 10.00. The first-order valence-electron chi connectivity index (χ1n) is 6.43. The van der Waals surface area contributed by atoms with E-state index in [2.05, 4.69) is 12.2 Å². The van der Waals surface area contributed by atoms with Crippen LogP contribution in [0.25, 0.3) is 0 Å². The molecule has 0 heterocycles. The van der Waals surface area contributed by atoms with E-state index in [0.29, 0.717) is 6.42 Å². The maximum absolute atomic E-state index is 11.1. The van der Waals surface area contributed by atoms with Crippen LogP contribution in [0.3, 0.4) is 0 Å². The zero-order valence-corrected chi connectivity index (χ0v) is 10.2. The van der Waals surface area contributed by atoms with Crippen molar-refractivity contribution in [2.45, 2.75) is 58.3 Å². The Hall–Kier alpha value is -0.530. The van der Waals surface area contributed by atoms with Crippen LogP contribution in [-0.4, -0.2) is 13.0 Å². The lowest BCUT2D eigenvalue weighted by atomic mass is 9.93. The number of hydrogen-bond acceptors (Lipinski definition) is 1. The number of nitrogens with one attached hydrogen (secondary N) is 1. The Labute approximate surface area is 93.8 Å². The Kier molecular flexibility index (Phi) is 5.74. The molecule has 0 saturated heterocycles. The van der Waals surface area contributed by atoms with Gasteiger partial charge in [-0.05, 0) is 24.7 Å². The molecule has 2 atom stereocenters. The first-order valence-corrected chi connectivity index (χ1v) is 6.43. The Bertz CT molecular complexity index is 191. The first kappa shape index (κ1) is 12.5. The number of carbonyl (C=O) groups excluding carboxylic acids is 1. The fourth-order valence-corrected chi connectivity index (χ4v) is 2.53. The fourth-order valence-electron chi connectivity index (χ4n) is 2.53. The summed E-state index contributed by atoms with van der Waals surface area (Å²) in [7, 11) is 1.72. The van der Waals surface area contributed by atoms with Gasteiger partial charge in [-0.15, -0.1) is 0 Å². The summed E-state index contributed by atoms with van der Waals surface area (Å²) in [6.45, 7) is 2.37. The molecule has 0 aromatic carbocycles. The average Bonchev–Trinajstić information content (AvgIpc) is 2.43. The van der Waals surface area contributed by atoms with Crippen LogP contribution < -0.4 is 5.32 Å². The highest BCUT2D eigenvalue weighted by Crippen LogP contribution is 2.29. The smallest absolute Gasteiger partial charge is 0.219 e. The second kappa shape index (κ2) is 6.86. The second-order valence-corrected chi connectivity index (χ2v) is 5.04. The van der Waals surface area contributed by atoms with E-state index in [1.54, 1.807) is 7.05 Å². The van der Waals surface area contributed by atoms with Crippen molar-refractivity contribution in [2.75, 3.05) is 7.05 Å². The molecule has 0 radical (unpaired) electrons. The molecule has 15 heavy (non-hydrogen) atoms. The number of amides is 1. The third-order valence-corrected chi connectivity index (χ3v) is 3.67. The third kappa shape index (κ3) is 5.19. The normalized spacial score (nSPS) is 27.1. The van der Waals surface area contributed by atoms with Gasteiger partial charge in [-0.3, -0.25) is 4.79 Å².